The van der Waals surface area contributed by atoms with E-state index < -0.39 is 0 Å². The first kappa shape index (κ1) is 16.6. The van der Waals surface area contributed by atoms with E-state index in [4.69, 9.17) is 0 Å². The van der Waals surface area contributed by atoms with Crippen molar-refractivity contribution in [2.75, 3.05) is 7.05 Å². The summed E-state index contributed by atoms with van der Waals surface area (Å²) in [6.45, 7) is 4.46. The van der Waals surface area contributed by atoms with Gasteiger partial charge >= 0.3 is 0 Å². The molecular formula is C20H18N4OS. The van der Waals surface area contributed by atoms with Crippen molar-refractivity contribution < 1.29 is 4.79 Å². The lowest BCUT2D eigenvalue weighted by molar-refractivity contribution is 0.0787. The van der Waals surface area contributed by atoms with Crippen molar-refractivity contribution in [3.8, 4) is 0 Å². The van der Waals surface area contributed by atoms with E-state index in [1.54, 1.807) is 4.90 Å². The summed E-state index contributed by atoms with van der Waals surface area (Å²) in [4.78, 5) is 19.5. The minimum absolute atomic E-state index is 0.0115. The van der Waals surface area contributed by atoms with E-state index in [9.17, 15) is 4.79 Å². The van der Waals surface area contributed by atoms with Gasteiger partial charge < -0.3 is 4.90 Å². The van der Waals surface area contributed by atoms with Crippen LogP contribution in [0.1, 0.15) is 27.2 Å². The summed E-state index contributed by atoms with van der Waals surface area (Å²) < 4.78 is 8.49. The van der Waals surface area contributed by atoms with E-state index >= 15 is 0 Å². The number of aromatic nitrogens is 3. The van der Waals surface area contributed by atoms with E-state index in [0.29, 0.717) is 12.1 Å². The Hall–Kier alpha value is -2.86. The summed E-state index contributed by atoms with van der Waals surface area (Å²) in [5, 5.41) is 0.895. The zero-order chi connectivity index (χ0) is 18.3. The van der Waals surface area contributed by atoms with E-state index in [1.807, 2.05) is 63.4 Å². The SMILES string of the molecule is Cc1cc(C(=O)N(C)Cc2ccc3nsnc3c2)c2cccc(C)c2n1. The van der Waals surface area contributed by atoms with E-state index in [1.165, 1.54) is 11.7 Å². The number of rotatable bonds is 3. The molecule has 0 saturated heterocycles. The van der Waals surface area contributed by atoms with Crippen molar-refractivity contribution in [3.05, 3.63) is 64.8 Å². The van der Waals surface area contributed by atoms with Crippen LogP contribution in [0.5, 0.6) is 0 Å². The summed E-state index contributed by atoms with van der Waals surface area (Å²) in [7, 11) is 1.82. The highest BCUT2D eigenvalue weighted by Gasteiger charge is 2.17. The summed E-state index contributed by atoms with van der Waals surface area (Å²) in [6.07, 6.45) is 0. The Bertz CT molecular complexity index is 1140. The smallest absolute Gasteiger partial charge is 0.254 e. The molecule has 0 spiro atoms. The highest BCUT2D eigenvalue weighted by Crippen LogP contribution is 2.23. The third kappa shape index (κ3) is 2.93. The fraction of sp³-hybridized carbons (Fsp3) is 0.200. The molecule has 26 heavy (non-hydrogen) atoms. The topological polar surface area (TPSA) is 59.0 Å². The molecule has 130 valence electrons. The predicted octanol–water partition coefficient (Wildman–Crippen LogP) is 4.13. The number of amides is 1. The molecule has 6 heteroatoms. The monoisotopic (exact) mass is 362 g/mol. The van der Waals surface area contributed by atoms with Gasteiger partial charge in [0.2, 0.25) is 0 Å². The molecule has 1 amide bonds. The average molecular weight is 362 g/mol. The number of carbonyl (C=O) groups is 1. The van der Waals surface area contributed by atoms with Crippen LogP contribution < -0.4 is 0 Å². The van der Waals surface area contributed by atoms with Crippen LogP contribution in [0.25, 0.3) is 21.9 Å². The fourth-order valence-corrected chi connectivity index (χ4v) is 3.69. The first-order valence-electron chi connectivity index (χ1n) is 8.36. The maximum Gasteiger partial charge on any atom is 0.254 e. The van der Waals surface area contributed by atoms with Crippen molar-refractivity contribution in [1.29, 1.82) is 0 Å². The van der Waals surface area contributed by atoms with Crippen molar-refractivity contribution in [1.82, 2.24) is 18.6 Å². The minimum Gasteiger partial charge on any atom is -0.337 e. The molecule has 2 aromatic carbocycles. The molecule has 0 fully saturated rings. The lowest BCUT2D eigenvalue weighted by Gasteiger charge is -2.19. The first-order valence-corrected chi connectivity index (χ1v) is 9.09. The maximum absolute atomic E-state index is 13.1. The van der Waals surface area contributed by atoms with Crippen molar-refractivity contribution in [2.24, 2.45) is 0 Å². The van der Waals surface area contributed by atoms with Gasteiger partial charge in [-0.05, 0) is 43.2 Å². The third-order valence-corrected chi connectivity index (χ3v) is 5.04. The standard InChI is InChI=1S/C20H18N4OS/c1-12-5-4-6-15-16(9-13(2)21-19(12)15)20(25)24(3)11-14-7-8-17-18(10-14)23-26-22-17/h4-10H,11H2,1-3H3. The van der Waals surface area contributed by atoms with Gasteiger partial charge in [0.25, 0.3) is 5.91 Å². The number of benzene rings is 2. The largest absolute Gasteiger partial charge is 0.337 e. The molecule has 0 atom stereocenters. The second-order valence-electron chi connectivity index (χ2n) is 6.53. The van der Waals surface area contributed by atoms with E-state index in [-0.39, 0.29) is 5.91 Å². The summed E-state index contributed by atoms with van der Waals surface area (Å²) >= 11 is 1.20. The van der Waals surface area contributed by atoms with Crippen LogP contribution in [0.3, 0.4) is 0 Å². The normalized spacial score (nSPS) is 11.2. The number of aryl methyl sites for hydroxylation is 2. The van der Waals surface area contributed by atoms with E-state index in [0.717, 1.165) is 38.8 Å². The molecule has 4 rings (SSSR count). The predicted molar refractivity (Wildman–Crippen MR) is 104 cm³/mol. The third-order valence-electron chi connectivity index (χ3n) is 4.48. The Kier molecular flexibility index (Phi) is 4.12. The van der Waals surface area contributed by atoms with Crippen LogP contribution in [0, 0.1) is 13.8 Å². The molecule has 0 radical (unpaired) electrons. The molecule has 2 aromatic heterocycles. The van der Waals surface area contributed by atoms with Crippen LogP contribution in [0.4, 0.5) is 0 Å². The van der Waals surface area contributed by atoms with Gasteiger partial charge in [-0.1, -0.05) is 24.3 Å². The number of hydrogen-bond donors (Lipinski definition) is 0. The van der Waals surface area contributed by atoms with Crippen LogP contribution in [0.15, 0.2) is 42.5 Å². The molecule has 0 aliphatic carbocycles. The lowest BCUT2D eigenvalue weighted by atomic mass is 10.0. The van der Waals surface area contributed by atoms with Crippen LogP contribution >= 0.6 is 11.7 Å². The lowest BCUT2D eigenvalue weighted by Crippen LogP contribution is -2.26. The van der Waals surface area contributed by atoms with Gasteiger partial charge in [0.1, 0.15) is 11.0 Å². The molecule has 0 unspecified atom stereocenters. The second kappa shape index (κ2) is 6.46. The molecule has 0 aliphatic rings. The zero-order valence-electron chi connectivity index (χ0n) is 14.9. The Morgan fingerprint density at radius 1 is 1.08 bits per heavy atom. The Balaban J connectivity index is 1.68. The van der Waals surface area contributed by atoms with Gasteiger partial charge in [-0.15, -0.1) is 0 Å². The Morgan fingerprint density at radius 3 is 2.73 bits per heavy atom. The second-order valence-corrected chi connectivity index (χ2v) is 7.06. The summed E-state index contributed by atoms with van der Waals surface area (Å²) in [6, 6.07) is 13.7. The maximum atomic E-state index is 13.1. The summed E-state index contributed by atoms with van der Waals surface area (Å²) in [5.41, 5.74) is 6.29. The molecule has 2 heterocycles. The minimum atomic E-state index is -0.0115. The fourth-order valence-electron chi connectivity index (χ4n) is 3.17. The van der Waals surface area contributed by atoms with E-state index in [2.05, 4.69) is 13.7 Å². The van der Waals surface area contributed by atoms with Crippen molar-refractivity contribution >= 4 is 39.6 Å². The van der Waals surface area contributed by atoms with Crippen molar-refractivity contribution in [2.45, 2.75) is 20.4 Å². The number of carbonyl (C=O) groups excluding carboxylic acids is 1. The number of para-hydroxylation sites is 1. The van der Waals surface area contributed by atoms with Crippen LogP contribution in [-0.4, -0.2) is 31.6 Å². The molecule has 0 bridgehead atoms. The van der Waals surface area contributed by atoms with Gasteiger partial charge in [-0.25, -0.2) is 0 Å². The van der Waals surface area contributed by atoms with Gasteiger partial charge in [0.15, 0.2) is 0 Å². The van der Waals surface area contributed by atoms with Gasteiger partial charge in [-0.3, -0.25) is 9.78 Å². The molecule has 5 nitrogen and oxygen atoms in total. The first-order chi connectivity index (χ1) is 12.5. The summed E-state index contributed by atoms with van der Waals surface area (Å²) in [5.74, 6) is -0.0115. The Labute approximate surface area is 155 Å². The van der Waals surface area contributed by atoms with Crippen molar-refractivity contribution in [3.63, 3.8) is 0 Å². The molecule has 0 N–H and O–H groups in total. The average Bonchev–Trinajstić information content (AvgIpc) is 3.09. The number of nitrogens with zero attached hydrogens (tertiary/aromatic N) is 4. The van der Waals surface area contributed by atoms with Gasteiger partial charge in [0.05, 0.1) is 22.8 Å². The molecule has 4 aromatic rings. The molecule has 0 saturated carbocycles. The molecular weight excluding hydrogens is 344 g/mol. The number of pyridine rings is 1. The quantitative estimate of drug-likeness (QED) is 0.550. The Morgan fingerprint density at radius 2 is 1.88 bits per heavy atom. The highest BCUT2D eigenvalue weighted by atomic mass is 32.1. The van der Waals surface area contributed by atoms with Gasteiger partial charge in [0, 0.05) is 24.7 Å². The zero-order valence-corrected chi connectivity index (χ0v) is 15.7. The van der Waals surface area contributed by atoms with Crippen LogP contribution in [-0.2, 0) is 6.54 Å². The number of hydrogen-bond acceptors (Lipinski definition) is 5. The van der Waals surface area contributed by atoms with Gasteiger partial charge in [-0.2, -0.15) is 8.75 Å². The highest BCUT2D eigenvalue weighted by molar-refractivity contribution is 7.00. The number of fused-ring (bicyclic) bond motifs is 2. The molecule has 0 aliphatic heterocycles. The van der Waals surface area contributed by atoms with Crippen LogP contribution in [0.2, 0.25) is 0 Å².